The van der Waals surface area contributed by atoms with Crippen LogP contribution in [0.15, 0.2) is 48.5 Å². The number of urea groups is 1. The summed E-state index contributed by atoms with van der Waals surface area (Å²) in [5.74, 6) is 1.36. The third kappa shape index (κ3) is 11.1. The molecule has 1 aliphatic rings. The Morgan fingerprint density at radius 3 is 1.97 bits per heavy atom. The molecule has 212 valence electrons. The lowest BCUT2D eigenvalue weighted by atomic mass is 10.0. The summed E-state index contributed by atoms with van der Waals surface area (Å²) in [7, 11) is -3.30. The van der Waals surface area contributed by atoms with Crippen LogP contribution >= 0.6 is 12.4 Å². The third-order valence-electron chi connectivity index (χ3n) is 6.49. The van der Waals surface area contributed by atoms with Crippen LogP contribution in [-0.4, -0.2) is 62.7 Å². The number of unbranched alkanes of at least 4 members (excludes halogenated alkanes) is 2. The van der Waals surface area contributed by atoms with Crippen LogP contribution in [-0.2, 0) is 16.6 Å². The van der Waals surface area contributed by atoms with Crippen molar-refractivity contribution in [3.63, 3.8) is 0 Å². The molecule has 1 heterocycles. The highest BCUT2D eigenvalue weighted by Crippen LogP contribution is 2.24. The Labute approximate surface area is 234 Å². The molecule has 0 radical (unpaired) electrons. The largest absolute Gasteiger partial charge is 0.457 e. The minimum atomic E-state index is -3.30. The van der Waals surface area contributed by atoms with E-state index in [1.54, 1.807) is 24.3 Å². The maximum absolute atomic E-state index is 12.8. The topological polar surface area (TPSA) is 91.0 Å². The average Bonchev–Trinajstić information content (AvgIpc) is 2.87. The van der Waals surface area contributed by atoms with Crippen molar-refractivity contribution in [1.29, 1.82) is 0 Å². The highest BCUT2D eigenvalue weighted by Gasteiger charge is 2.23. The number of hydrogen-bond acceptors (Lipinski definition) is 5. The lowest BCUT2D eigenvalue weighted by molar-refractivity contribution is 0.168. The van der Waals surface area contributed by atoms with Crippen LogP contribution in [0.1, 0.15) is 57.9 Å². The first-order valence-corrected chi connectivity index (χ1v) is 15.3. The molecule has 0 unspecified atom stereocenters. The summed E-state index contributed by atoms with van der Waals surface area (Å²) in [6.07, 6.45) is 7.34. The van der Waals surface area contributed by atoms with Gasteiger partial charge < -0.3 is 15.0 Å². The molecule has 3 rings (SSSR count). The van der Waals surface area contributed by atoms with Crippen LogP contribution < -0.4 is 14.8 Å². The van der Waals surface area contributed by atoms with Gasteiger partial charge in [-0.3, -0.25) is 9.62 Å². The van der Waals surface area contributed by atoms with Gasteiger partial charge in [0.2, 0.25) is 10.0 Å². The molecule has 0 saturated carbocycles. The molecular weight excluding hydrogens is 524 g/mol. The number of rotatable bonds is 13. The van der Waals surface area contributed by atoms with E-state index in [1.165, 1.54) is 5.56 Å². The Balaban J connectivity index is 0.00000507. The van der Waals surface area contributed by atoms with Gasteiger partial charge in [0.1, 0.15) is 11.5 Å². The van der Waals surface area contributed by atoms with E-state index in [0.29, 0.717) is 11.4 Å². The zero-order valence-corrected chi connectivity index (χ0v) is 24.5. The summed E-state index contributed by atoms with van der Waals surface area (Å²) < 4.78 is 31.0. The van der Waals surface area contributed by atoms with E-state index in [4.69, 9.17) is 4.74 Å². The van der Waals surface area contributed by atoms with Gasteiger partial charge in [-0.15, -0.1) is 12.4 Å². The number of sulfonamides is 1. The normalized spacial score (nSPS) is 14.4. The second-order valence-corrected chi connectivity index (χ2v) is 11.6. The summed E-state index contributed by atoms with van der Waals surface area (Å²) >= 11 is 0. The zero-order chi connectivity index (χ0) is 26.7. The number of piperidine rings is 1. The first-order chi connectivity index (χ1) is 17.8. The number of benzene rings is 2. The van der Waals surface area contributed by atoms with E-state index in [0.717, 1.165) is 83.3 Å². The number of halogens is 1. The second kappa shape index (κ2) is 15.8. The summed E-state index contributed by atoms with van der Waals surface area (Å²) in [5, 5.41) is 3.28. The quantitative estimate of drug-likeness (QED) is 0.317. The molecule has 0 bridgehead atoms. The molecule has 2 aromatic rings. The first-order valence-electron chi connectivity index (χ1n) is 13.4. The van der Waals surface area contributed by atoms with Crippen molar-refractivity contribution in [3.05, 3.63) is 54.1 Å². The highest BCUT2D eigenvalue weighted by atomic mass is 35.5. The minimum absolute atomic E-state index is 0. The summed E-state index contributed by atoms with van der Waals surface area (Å²) in [6, 6.07) is 15.2. The van der Waals surface area contributed by atoms with Crippen molar-refractivity contribution in [2.45, 2.75) is 65.0 Å². The van der Waals surface area contributed by atoms with Gasteiger partial charge in [-0.05, 0) is 67.6 Å². The number of carbonyl (C=O) groups is 1. The standard InChI is InChI=1S/C28H42N4O4S.ClH/c1-4-6-18-32(19-7-5-2)28(33)29-24-16-20-31(21-17-24)22-23-8-12-26(13-9-23)36-27-14-10-25(11-15-27)30-37(3,34)35;/h8-15,24,30H,4-7,16-22H2,1-3H3,(H,29,33);1H. The van der Waals surface area contributed by atoms with Crippen molar-refractivity contribution in [2.24, 2.45) is 0 Å². The summed E-state index contributed by atoms with van der Waals surface area (Å²) in [5.41, 5.74) is 1.71. The zero-order valence-electron chi connectivity index (χ0n) is 22.8. The van der Waals surface area contributed by atoms with E-state index in [9.17, 15) is 13.2 Å². The number of nitrogens with one attached hydrogen (secondary N) is 2. The summed E-state index contributed by atoms with van der Waals surface area (Å²) in [4.78, 5) is 17.2. The van der Waals surface area contributed by atoms with Crippen molar-refractivity contribution in [1.82, 2.24) is 15.1 Å². The monoisotopic (exact) mass is 566 g/mol. The Morgan fingerprint density at radius 2 is 1.47 bits per heavy atom. The number of likely N-dealkylation sites (tertiary alicyclic amines) is 1. The Bertz CT molecular complexity index is 1070. The molecule has 2 amide bonds. The lowest BCUT2D eigenvalue weighted by Crippen LogP contribution is -2.49. The van der Waals surface area contributed by atoms with Crippen LogP contribution in [0.2, 0.25) is 0 Å². The van der Waals surface area contributed by atoms with Gasteiger partial charge in [-0.1, -0.05) is 38.8 Å². The number of carbonyl (C=O) groups excluding carboxylic acids is 1. The number of hydrogen-bond donors (Lipinski definition) is 2. The van der Waals surface area contributed by atoms with E-state index >= 15 is 0 Å². The van der Waals surface area contributed by atoms with Gasteiger partial charge in [0.15, 0.2) is 0 Å². The smallest absolute Gasteiger partial charge is 0.317 e. The third-order valence-corrected chi connectivity index (χ3v) is 7.09. The van der Waals surface area contributed by atoms with E-state index < -0.39 is 10.0 Å². The Hall–Kier alpha value is -2.49. The fourth-order valence-electron chi connectivity index (χ4n) is 4.38. The maximum Gasteiger partial charge on any atom is 0.317 e. The van der Waals surface area contributed by atoms with Crippen LogP contribution in [0.25, 0.3) is 0 Å². The highest BCUT2D eigenvalue weighted by molar-refractivity contribution is 7.92. The van der Waals surface area contributed by atoms with Crippen molar-refractivity contribution < 1.29 is 17.9 Å². The fraction of sp³-hybridized carbons (Fsp3) is 0.536. The Kier molecular flexibility index (Phi) is 13.2. The molecule has 1 aliphatic heterocycles. The molecule has 38 heavy (non-hydrogen) atoms. The van der Waals surface area contributed by atoms with E-state index in [1.807, 2.05) is 17.0 Å². The summed E-state index contributed by atoms with van der Waals surface area (Å²) in [6.45, 7) is 8.79. The van der Waals surface area contributed by atoms with Crippen molar-refractivity contribution in [2.75, 3.05) is 37.2 Å². The SMILES string of the molecule is CCCCN(CCCC)C(=O)NC1CCN(Cc2ccc(Oc3ccc(NS(C)(=O)=O)cc3)cc2)CC1.Cl. The minimum Gasteiger partial charge on any atom is -0.457 e. The molecule has 10 heteroatoms. The predicted molar refractivity (Wildman–Crippen MR) is 157 cm³/mol. The first kappa shape index (κ1) is 31.7. The number of anilines is 1. The van der Waals surface area contributed by atoms with Crippen LogP contribution in [0.3, 0.4) is 0 Å². The molecule has 0 spiro atoms. The predicted octanol–water partition coefficient (Wildman–Crippen LogP) is 5.85. The van der Waals surface area contributed by atoms with Crippen LogP contribution in [0.4, 0.5) is 10.5 Å². The molecule has 8 nitrogen and oxygen atoms in total. The average molecular weight is 567 g/mol. The molecule has 1 saturated heterocycles. The molecule has 0 aromatic heterocycles. The molecule has 2 N–H and O–H groups in total. The van der Waals surface area contributed by atoms with Crippen LogP contribution in [0, 0.1) is 0 Å². The van der Waals surface area contributed by atoms with Gasteiger partial charge in [0.25, 0.3) is 0 Å². The van der Waals surface area contributed by atoms with Gasteiger partial charge in [0.05, 0.1) is 6.26 Å². The Morgan fingerprint density at radius 1 is 0.947 bits per heavy atom. The lowest BCUT2D eigenvalue weighted by Gasteiger charge is -2.34. The molecule has 0 atom stereocenters. The van der Waals surface area contributed by atoms with Crippen molar-refractivity contribution >= 4 is 34.1 Å². The molecule has 0 aliphatic carbocycles. The van der Waals surface area contributed by atoms with Gasteiger partial charge in [0, 0.05) is 44.5 Å². The molecule has 2 aromatic carbocycles. The van der Waals surface area contributed by atoms with E-state index in [2.05, 4.69) is 40.9 Å². The maximum atomic E-state index is 12.8. The van der Waals surface area contributed by atoms with Gasteiger partial charge in [-0.2, -0.15) is 0 Å². The van der Waals surface area contributed by atoms with Crippen molar-refractivity contribution in [3.8, 4) is 11.5 Å². The second-order valence-electron chi connectivity index (χ2n) is 9.84. The van der Waals surface area contributed by atoms with Crippen LogP contribution in [0.5, 0.6) is 11.5 Å². The van der Waals surface area contributed by atoms with Gasteiger partial charge in [-0.25, -0.2) is 13.2 Å². The molecular formula is C28H43ClN4O4S. The van der Waals surface area contributed by atoms with E-state index in [-0.39, 0.29) is 24.5 Å². The van der Waals surface area contributed by atoms with Gasteiger partial charge >= 0.3 is 6.03 Å². The fourth-order valence-corrected chi connectivity index (χ4v) is 4.94. The number of ether oxygens (including phenoxy) is 1. The molecule has 1 fully saturated rings. The number of nitrogens with zero attached hydrogens (tertiary/aromatic N) is 2. The number of amides is 2.